The van der Waals surface area contributed by atoms with E-state index in [1.807, 2.05) is 0 Å². The Labute approximate surface area is 133 Å². The summed E-state index contributed by atoms with van der Waals surface area (Å²) in [7, 11) is 0. The number of carbonyl (C=O) groups excluding carboxylic acids is 1. The number of benzene rings is 1. The van der Waals surface area contributed by atoms with Crippen LogP contribution in [0.15, 0.2) is 24.3 Å². The van der Waals surface area contributed by atoms with Gasteiger partial charge in [-0.05, 0) is 18.4 Å². The van der Waals surface area contributed by atoms with Crippen LogP contribution in [0, 0.1) is 12.8 Å². The molecule has 1 aliphatic heterocycles. The fraction of sp³-hybridized carbons (Fsp3) is 0.611. The van der Waals surface area contributed by atoms with E-state index in [4.69, 9.17) is 4.74 Å². The van der Waals surface area contributed by atoms with Crippen molar-refractivity contribution < 1.29 is 9.53 Å². The Hall–Kier alpha value is -1.39. The van der Waals surface area contributed by atoms with Crippen molar-refractivity contribution in [1.82, 2.24) is 10.2 Å². The molecule has 22 heavy (non-hydrogen) atoms. The largest absolute Gasteiger partial charge is 0.379 e. The Bertz CT molecular complexity index is 464. The van der Waals surface area contributed by atoms with Gasteiger partial charge in [0.15, 0.2) is 0 Å². The molecule has 2 rings (SSSR count). The van der Waals surface area contributed by atoms with Crippen molar-refractivity contribution in [3.8, 4) is 0 Å². The van der Waals surface area contributed by atoms with E-state index in [9.17, 15) is 4.79 Å². The van der Waals surface area contributed by atoms with Crippen LogP contribution in [0.1, 0.15) is 37.4 Å². The monoisotopic (exact) mass is 304 g/mol. The van der Waals surface area contributed by atoms with Gasteiger partial charge in [0.25, 0.3) is 0 Å². The smallest absolute Gasteiger partial charge is 0.220 e. The summed E-state index contributed by atoms with van der Waals surface area (Å²) in [6, 6.07) is 8.84. The number of rotatable bonds is 6. The summed E-state index contributed by atoms with van der Waals surface area (Å²) < 4.78 is 5.45. The SMILES string of the molecule is Cc1ccc([C@H](CNC(=O)CC(C)C)N2CCOCC2)cc1. The van der Waals surface area contributed by atoms with E-state index < -0.39 is 0 Å². The maximum atomic E-state index is 12.0. The fourth-order valence-corrected chi connectivity index (χ4v) is 2.79. The predicted molar refractivity (Wildman–Crippen MR) is 88.8 cm³/mol. The first-order chi connectivity index (χ1) is 10.6. The summed E-state index contributed by atoms with van der Waals surface area (Å²) in [6.07, 6.45) is 0.587. The van der Waals surface area contributed by atoms with Crippen LogP contribution < -0.4 is 5.32 Å². The van der Waals surface area contributed by atoms with Gasteiger partial charge in [-0.25, -0.2) is 0 Å². The van der Waals surface area contributed by atoms with Crippen LogP contribution >= 0.6 is 0 Å². The highest BCUT2D eigenvalue weighted by atomic mass is 16.5. The van der Waals surface area contributed by atoms with Crippen LogP contribution in [0.5, 0.6) is 0 Å². The van der Waals surface area contributed by atoms with Crippen LogP contribution in [0.4, 0.5) is 0 Å². The zero-order valence-electron chi connectivity index (χ0n) is 14.0. The molecule has 1 aliphatic rings. The van der Waals surface area contributed by atoms with E-state index in [2.05, 4.69) is 55.3 Å². The van der Waals surface area contributed by atoms with Gasteiger partial charge in [-0.15, -0.1) is 0 Å². The van der Waals surface area contributed by atoms with Crippen molar-refractivity contribution in [1.29, 1.82) is 0 Å². The van der Waals surface area contributed by atoms with Crippen LogP contribution in [0.3, 0.4) is 0 Å². The third-order valence-electron chi connectivity index (χ3n) is 4.03. The first-order valence-electron chi connectivity index (χ1n) is 8.21. The molecule has 122 valence electrons. The maximum Gasteiger partial charge on any atom is 0.220 e. The summed E-state index contributed by atoms with van der Waals surface area (Å²) >= 11 is 0. The molecule has 1 aromatic rings. The Balaban J connectivity index is 2.04. The minimum atomic E-state index is 0.139. The number of carbonyl (C=O) groups is 1. The molecule has 1 amide bonds. The lowest BCUT2D eigenvalue weighted by Gasteiger charge is -2.35. The summed E-state index contributed by atoms with van der Waals surface area (Å²) in [5.41, 5.74) is 2.52. The Kier molecular flexibility index (Phi) is 6.40. The predicted octanol–water partition coefficient (Wildman–Crippen LogP) is 2.53. The van der Waals surface area contributed by atoms with Gasteiger partial charge in [-0.2, -0.15) is 0 Å². The molecule has 1 atom stereocenters. The molecule has 0 aromatic heterocycles. The standard InChI is InChI=1S/C18H28N2O2/c1-14(2)12-18(21)19-13-17(20-8-10-22-11-9-20)16-6-4-15(3)5-7-16/h4-7,14,17H,8-13H2,1-3H3,(H,19,21)/t17-/m0/s1. The van der Waals surface area contributed by atoms with E-state index in [-0.39, 0.29) is 11.9 Å². The number of ether oxygens (including phenoxy) is 1. The van der Waals surface area contributed by atoms with E-state index >= 15 is 0 Å². The average molecular weight is 304 g/mol. The van der Waals surface area contributed by atoms with Gasteiger partial charge >= 0.3 is 0 Å². The highest BCUT2D eigenvalue weighted by Gasteiger charge is 2.23. The van der Waals surface area contributed by atoms with Crippen LogP contribution in [0.2, 0.25) is 0 Å². The topological polar surface area (TPSA) is 41.6 Å². The minimum Gasteiger partial charge on any atom is -0.379 e. The Morgan fingerprint density at radius 1 is 1.23 bits per heavy atom. The summed E-state index contributed by atoms with van der Waals surface area (Å²) in [6.45, 7) is 10.3. The van der Waals surface area contributed by atoms with Crippen LogP contribution in [0.25, 0.3) is 0 Å². The minimum absolute atomic E-state index is 0.139. The lowest BCUT2D eigenvalue weighted by Crippen LogP contribution is -2.43. The molecule has 0 unspecified atom stereocenters. The molecule has 4 heteroatoms. The number of hydrogen-bond donors (Lipinski definition) is 1. The summed E-state index contributed by atoms with van der Waals surface area (Å²) in [4.78, 5) is 14.4. The Morgan fingerprint density at radius 2 is 1.86 bits per heavy atom. The lowest BCUT2D eigenvalue weighted by molar-refractivity contribution is -0.122. The molecule has 0 radical (unpaired) electrons. The van der Waals surface area contributed by atoms with Gasteiger partial charge in [0, 0.05) is 26.1 Å². The molecule has 1 saturated heterocycles. The second-order valence-electron chi connectivity index (χ2n) is 6.48. The van der Waals surface area contributed by atoms with Crippen molar-refractivity contribution in [2.24, 2.45) is 5.92 Å². The summed E-state index contributed by atoms with van der Waals surface area (Å²) in [5.74, 6) is 0.529. The van der Waals surface area contributed by atoms with E-state index in [0.717, 1.165) is 26.3 Å². The molecule has 1 fully saturated rings. The second-order valence-corrected chi connectivity index (χ2v) is 6.48. The zero-order valence-corrected chi connectivity index (χ0v) is 14.0. The van der Waals surface area contributed by atoms with Gasteiger partial charge in [0.1, 0.15) is 0 Å². The highest BCUT2D eigenvalue weighted by molar-refractivity contribution is 5.76. The van der Waals surface area contributed by atoms with Gasteiger partial charge in [0.2, 0.25) is 5.91 Å². The third-order valence-corrected chi connectivity index (χ3v) is 4.03. The lowest BCUT2D eigenvalue weighted by atomic mass is 10.0. The van der Waals surface area contributed by atoms with Crippen LogP contribution in [-0.2, 0) is 9.53 Å². The van der Waals surface area contributed by atoms with Gasteiger partial charge in [-0.1, -0.05) is 43.7 Å². The van der Waals surface area contributed by atoms with Crippen molar-refractivity contribution in [3.63, 3.8) is 0 Å². The van der Waals surface area contributed by atoms with Gasteiger partial charge in [0.05, 0.1) is 19.3 Å². The van der Waals surface area contributed by atoms with Crippen LogP contribution in [-0.4, -0.2) is 43.7 Å². The molecule has 0 spiro atoms. The third kappa shape index (κ3) is 5.11. The van der Waals surface area contributed by atoms with E-state index in [1.54, 1.807) is 0 Å². The van der Waals surface area contributed by atoms with Gasteiger partial charge in [-0.3, -0.25) is 9.69 Å². The molecular formula is C18H28N2O2. The van der Waals surface area contributed by atoms with Crippen molar-refractivity contribution in [2.75, 3.05) is 32.8 Å². The van der Waals surface area contributed by atoms with Crippen molar-refractivity contribution >= 4 is 5.91 Å². The van der Waals surface area contributed by atoms with E-state index in [0.29, 0.717) is 18.9 Å². The molecule has 4 nitrogen and oxygen atoms in total. The quantitative estimate of drug-likeness (QED) is 0.878. The normalized spacial score (nSPS) is 17.5. The highest BCUT2D eigenvalue weighted by Crippen LogP contribution is 2.22. The Morgan fingerprint density at radius 3 is 2.45 bits per heavy atom. The second kappa shape index (κ2) is 8.30. The molecule has 1 aromatic carbocycles. The van der Waals surface area contributed by atoms with Gasteiger partial charge < -0.3 is 10.1 Å². The van der Waals surface area contributed by atoms with E-state index in [1.165, 1.54) is 11.1 Å². The zero-order chi connectivity index (χ0) is 15.9. The number of nitrogens with one attached hydrogen (secondary N) is 1. The number of nitrogens with zero attached hydrogens (tertiary/aromatic N) is 1. The molecule has 0 saturated carbocycles. The maximum absolute atomic E-state index is 12.0. The molecular weight excluding hydrogens is 276 g/mol. The first kappa shape index (κ1) is 17.0. The van der Waals surface area contributed by atoms with Crippen molar-refractivity contribution in [2.45, 2.75) is 33.2 Å². The molecule has 1 N–H and O–H groups in total. The summed E-state index contributed by atoms with van der Waals surface area (Å²) in [5, 5.41) is 3.10. The molecule has 1 heterocycles. The number of aryl methyl sites for hydroxylation is 1. The molecule has 0 aliphatic carbocycles. The average Bonchev–Trinajstić information content (AvgIpc) is 2.49. The number of hydrogen-bond acceptors (Lipinski definition) is 3. The van der Waals surface area contributed by atoms with Crippen molar-refractivity contribution in [3.05, 3.63) is 35.4 Å². The number of morpholine rings is 1. The number of amides is 1. The first-order valence-corrected chi connectivity index (χ1v) is 8.21. The molecule has 0 bridgehead atoms. The fourth-order valence-electron chi connectivity index (χ4n) is 2.79.